The van der Waals surface area contributed by atoms with Crippen molar-refractivity contribution in [3.05, 3.63) is 35.9 Å². The number of hydrogen-bond acceptors (Lipinski definition) is 4. The maximum absolute atomic E-state index is 12.2. The van der Waals surface area contributed by atoms with Crippen LogP contribution in [0.5, 0.6) is 0 Å². The standard InChI is InChI=1S/C13H16O5/c1-17-10(8-11(14)15)13(18-2)12(16)9-6-4-3-5-7-9/h3-7,10,13H,8H2,1-2H3,(H,14,15). The van der Waals surface area contributed by atoms with Crippen LogP contribution < -0.4 is 0 Å². The van der Waals surface area contributed by atoms with E-state index in [-0.39, 0.29) is 12.2 Å². The van der Waals surface area contributed by atoms with Gasteiger partial charge in [-0.15, -0.1) is 0 Å². The molecule has 1 N–H and O–H groups in total. The maximum atomic E-state index is 12.2. The van der Waals surface area contributed by atoms with Crippen LogP contribution in [0.2, 0.25) is 0 Å². The maximum Gasteiger partial charge on any atom is 0.306 e. The molecule has 5 nitrogen and oxygen atoms in total. The number of carbonyl (C=O) groups is 2. The van der Waals surface area contributed by atoms with E-state index in [1.807, 2.05) is 0 Å². The zero-order chi connectivity index (χ0) is 13.5. The van der Waals surface area contributed by atoms with Gasteiger partial charge in [-0.25, -0.2) is 0 Å². The molecule has 0 heterocycles. The summed E-state index contributed by atoms with van der Waals surface area (Å²) in [5.74, 6) is -1.32. The van der Waals surface area contributed by atoms with E-state index in [2.05, 4.69) is 0 Å². The number of carbonyl (C=O) groups excluding carboxylic acids is 1. The van der Waals surface area contributed by atoms with Crippen molar-refractivity contribution < 1.29 is 24.2 Å². The number of ether oxygens (including phenoxy) is 2. The van der Waals surface area contributed by atoms with Crippen molar-refractivity contribution in [2.75, 3.05) is 14.2 Å². The van der Waals surface area contributed by atoms with Gasteiger partial charge in [-0.1, -0.05) is 30.3 Å². The van der Waals surface area contributed by atoms with Crippen LogP contribution in [0, 0.1) is 0 Å². The van der Waals surface area contributed by atoms with Crippen molar-refractivity contribution in [3.63, 3.8) is 0 Å². The fraction of sp³-hybridized carbons (Fsp3) is 0.385. The highest BCUT2D eigenvalue weighted by molar-refractivity contribution is 6.00. The lowest BCUT2D eigenvalue weighted by Gasteiger charge is -2.22. The van der Waals surface area contributed by atoms with Gasteiger partial charge in [-0.3, -0.25) is 9.59 Å². The number of carboxylic acids is 1. The Labute approximate surface area is 105 Å². The number of Topliss-reactive ketones (excluding diaryl/α,β-unsaturated/α-hetero) is 1. The predicted octanol–water partition coefficient (Wildman–Crippen LogP) is 1.37. The van der Waals surface area contributed by atoms with Gasteiger partial charge in [0.15, 0.2) is 5.78 Å². The number of benzene rings is 1. The lowest BCUT2D eigenvalue weighted by atomic mass is 10.00. The highest BCUT2D eigenvalue weighted by atomic mass is 16.5. The molecule has 98 valence electrons. The summed E-state index contributed by atoms with van der Waals surface area (Å²) in [4.78, 5) is 22.9. The molecular formula is C13H16O5. The highest BCUT2D eigenvalue weighted by Gasteiger charge is 2.30. The third-order valence-electron chi connectivity index (χ3n) is 2.59. The summed E-state index contributed by atoms with van der Waals surface area (Å²) < 4.78 is 10.1. The number of carboxylic acid groups (broad SMARTS) is 1. The first-order valence-corrected chi connectivity index (χ1v) is 5.46. The number of aliphatic carboxylic acids is 1. The van der Waals surface area contributed by atoms with Crippen LogP contribution >= 0.6 is 0 Å². The van der Waals surface area contributed by atoms with Crippen LogP contribution in [-0.2, 0) is 14.3 Å². The average Bonchev–Trinajstić information content (AvgIpc) is 2.38. The van der Waals surface area contributed by atoms with Gasteiger partial charge in [0, 0.05) is 19.8 Å². The molecule has 0 aliphatic rings. The lowest BCUT2D eigenvalue weighted by Crippen LogP contribution is -2.38. The van der Waals surface area contributed by atoms with Crippen molar-refractivity contribution in [1.82, 2.24) is 0 Å². The molecule has 18 heavy (non-hydrogen) atoms. The van der Waals surface area contributed by atoms with Crippen LogP contribution in [0.4, 0.5) is 0 Å². The summed E-state index contributed by atoms with van der Waals surface area (Å²) in [5.41, 5.74) is 0.469. The van der Waals surface area contributed by atoms with Crippen molar-refractivity contribution in [1.29, 1.82) is 0 Å². The normalized spacial score (nSPS) is 13.9. The second kappa shape index (κ2) is 6.88. The summed E-state index contributed by atoms with van der Waals surface area (Å²) in [6.07, 6.45) is -2.01. The van der Waals surface area contributed by atoms with Crippen molar-refractivity contribution in [2.24, 2.45) is 0 Å². The molecule has 0 bridgehead atoms. The van der Waals surface area contributed by atoms with Crippen LogP contribution in [0.3, 0.4) is 0 Å². The first-order chi connectivity index (χ1) is 8.60. The van der Waals surface area contributed by atoms with E-state index < -0.39 is 18.2 Å². The molecule has 0 aromatic heterocycles. The van der Waals surface area contributed by atoms with Gasteiger partial charge >= 0.3 is 5.97 Å². The summed E-state index contributed by atoms with van der Waals surface area (Å²) >= 11 is 0. The van der Waals surface area contributed by atoms with Crippen LogP contribution in [-0.4, -0.2) is 43.3 Å². The average molecular weight is 252 g/mol. The fourth-order valence-corrected chi connectivity index (χ4v) is 1.68. The molecule has 2 unspecified atom stereocenters. The molecule has 1 rings (SSSR count). The summed E-state index contributed by atoms with van der Waals surface area (Å²) in [6.45, 7) is 0. The Morgan fingerprint density at radius 2 is 1.78 bits per heavy atom. The minimum atomic E-state index is -1.04. The molecule has 0 fully saturated rings. The summed E-state index contributed by atoms with van der Waals surface area (Å²) in [6, 6.07) is 8.57. The van der Waals surface area contributed by atoms with Gasteiger partial charge in [0.25, 0.3) is 0 Å². The van der Waals surface area contributed by atoms with Crippen LogP contribution in [0.25, 0.3) is 0 Å². The lowest BCUT2D eigenvalue weighted by molar-refractivity contribution is -0.141. The molecule has 2 atom stereocenters. The molecule has 0 spiro atoms. The molecule has 0 aliphatic heterocycles. The molecule has 0 aliphatic carbocycles. The Hall–Kier alpha value is -1.72. The SMILES string of the molecule is COC(CC(=O)O)C(OC)C(=O)c1ccccc1. The summed E-state index contributed by atoms with van der Waals surface area (Å²) in [5, 5.41) is 8.76. The molecule has 0 saturated carbocycles. The summed E-state index contributed by atoms with van der Waals surface area (Å²) in [7, 11) is 2.72. The van der Waals surface area contributed by atoms with E-state index in [1.54, 1.807) is 30.3 Å². The third-order valence-corrected chi connectivity index (χ3v) is 2.59. The van der Waals surface area contributed by atoms with Gasteiger partial charge in [-0.2, -0.15) is 0 Å². The smallest absolute Gasteiger partial charge is 0.306 e. The predicted molar refractivity (Wildman–Crippen MR) is 64.6 cm³/mol. The molecule has 0 amide bonds. The molecular weight excluding hydrogens is 236 g/mol. The second-order valence-electron chi connectivity index (χ2n) is 3.76. The minimum absolute atomic E-state index is 0.284. The van der Waals surface area contributed by atoms with Gasteiger partial charge < -0.3 is 14.6 Å². The molecule has 5 heteroatoms. The second-order valence-corrected chi connectivity index (χ2v) is 3.76. The minimum Gasteiger partial charge on any atom is -0.481 e. The van der Waals surface area contributed by atoms with Crippen LogP contribution in [0.15, 0.2) is 30.3 Å². The fourth-order valence-electron chi connectivity index (χ4n) is 1.68. The Balaban J connectivity index is 2.88. The largest absolute Gasteiger partial charge is 0.481 e. The molecule has 0 radical (unpaired) electrons. The van der Waals surface area contributed by atoms with E-state index in [4.69, 9.17) is 14.6 Å². The van der Waals surface area contributed by atoms with E-state index >= 15 is 0 Å². The Kier molecular flexibility index (Phi) is 5.48. The van der Waals surface area contributed by atoms with E-state index in [0.717, 1.165) is 0 Å². The van der Waals surface area contributed by atoms with Crippen LogP contribution in [0.1, 0.15) is 16.8 Å². The topological polar surface area (TPSA) is 72.8 Å². The molecule has 1 aromatic rings. The molecule has 1 aromatic carbocycles. The monoisotopic (exact) mass is 252 g/mol. The van der Waals surface area contributed by atoms with Gasteiger partial charge in [0.05, 0.1) is 6.42 Å². The van der Waals surface area contributed by atoms with E-state index in [0.29, 0.717) is 5.56 Å². The zero-order valence-electron chi connectivity index (χ0n) is 10.3. The Bertz CT molecular complexity index is 401. The highest BCUT2D eigenvalue weighted by Crippen LogP contribution is 2.14. The third kappa shape index (κ3) is 3.65. The zero-order valence-corrected chi connectivity index (χ0v) is 10.3. The van der Waals surface area contributed by atoms with Gasteiger partial charge in [0.2, 0.25) is 0 Å². The number of methoxy groups -OCH3 is 2. The Morgan fingerprint density at radius 1 is 1.17 bits per heavy atom. The van der Waals surface area contributed by atoms with Crippen molar-refractivity contribution in [3.8, 4) is 0 Å². The van der Waals surface area contributed by atoms with Crippen molar-refractivity contribution in [2.45, 2.75) is 18.6 Å². The first kappa shape index (κ1) is 14.3. The number of hydrogen-bond donors (Lipinski definition) is 1. The van der Waals surface area contributed by atoms with Gasteiger partial charge in [-0.05, 0) is 0 Å². The number of rotatable bonds is 7. The molecule has 0 saturated heterocycles. The first-order valence-electron chi connectivity index (χ1n) is 5.46. The van der Waals surface area contributed by atoms with Crippen molar-refractivity contribution >= 4 is 11.8 Å². The van der Waals surface area contributed by atoms with E-state index in [1.165, 1.54) is 14.2 Å². The van der Waals surface area contributed by atoms with Gasteiger partial charge in [0.1, 0.15) is 12.2 Å². The van der Waals surface area contributed by atoms with E-state index in [9.17, 15) is 9.59 Å². The number of ketones is 1. The quantitative estimate of drug-likeness (QED) is 0.742. The Morgan fingerprint density at radius 3 is 2.22 bits per heavy atom.